The van der Waals surface area contributed by atoms with Crippen LogP contribution in [0.15, 0.2) is 11.6 Å². The Labute approximate surface area is 134 Å². The summed E-state index contributed by atoms with van der Waals surface area (Å²) in [6.07, 6.45) is 2.02. The topological polar surface area (TPSA) is 58.4 Å². The molecule has 1 aromatic heterocycles. The van der Waals surface area contributed by atoms with Gasteiger partial charge >= 0.3 is 0 Å². The van der Waals surface area contributed by atoms with Gasteiger partial charge in [-0.25, -0.2) is 9.37 Å². The molecule has 0 spiro atoms. The summed E-state index contributed by atoms with van der Waals surface area (Å²) in [4.78, 5) is 18.3. The number of amides is 1. The van der Waals surface area contributed by atoms with Crippen LogP contribution in [0.3, 0.4) is 0 Å². The predicted octanol–water partition coefficient (Wildman–Crippen LogP) is 0.754. The van der Waals surface area contributed by atoms with Crippen molar-refractivity contribution in [3.8, 4) is 0 Å². The number of allylic oxidation sites excluding steroid dienone is 1. The average Bonchev–Trinajstić information content (AvgIpc) is 2.73. The molecule has 1 N–H and O–H groups in total. The minimum atomic E-state index is -1.25. The lowest BCUT2D eigenvalue weighted by molar-refractivity contribution is -0.128. The van der Waals surface area contributed by atoms with Gasteiger partial charge in [0.15, 0.2) is 5.83 Å². The Kier molecular flexibility index (Phi) is 3.48. The third-order valence-corrected chi connectivity index (χ3v) is 4.51. The van der Waals surface area contributed by atoms with Crippen LogP contribution in [-0.2, 0) is 16.9 Å². The summed E-state index contributed by atoms with van der Waals surface area (Å²) in [5.74, 6) is -0.0130. The molecule has 1 aliphatic carbocycles. The zero-order chi connectivity index (χ0) is 17.1. The van der Waals surface area contributed by atoms with Gasteiger partial charge in [0.05, 0.1) is 11.0 Å². The number of carbonyl (C=O) groups is 1. The molecule has 0 aromatic carbocycles. The van der Waals surface area contributed by atoms with Crippen molar-refractivity contribution in [2.24, 2.45) is 5.92 Å². The molecule has 1 aliphatic heterocycles. The molecule has 5 nitrogen and oxygen atoms in total. The van der Waals surface area contributed by atoms with Crippen molar-refractivity contribution >= 4 is 17.4 Å². The van der Waals surface area contributed by atoms with Gasteiger partial charge in [-0.1, -0.05) is 19.4 Å². The van der Waals surface area contributed by atoms with Gasteiger partial charge in [0.1, 0.15) is 23.3 Å². The largest absolute Gasteiger partial charge is 0.383 e. The zero-order valence-corrected chi connectivity index (χ0v) is 14.1. The fourth-order valence-electron chi connectivity index (χ4n) is 3.13. The summed E-state index contributed by atoms with van der Waals surface area (Å²) in [5.41, 5.74) is 0.415. The number of rotatable bonds is 2. The lowest BCUT2D eigenvalue weighted by atomic mass is 9.97. The molecule has 0 radical (unpaired) electrons. The molecule has 0 bridgehead atoms. The molecular weight excluding hydrogens is 297 g/mol. The van der Waals surface area contributed by atoms with E-state index in [1.807, 2.05) is 13.8 Å². The molecule has 3 rings (SSSR count). The van der Waals surface area contributed by atoms with E-state index in [-0.39, 0.29) is 23.7 Å². The van der Waals surface area contributed by atoms with Crippen LogP contribution in [-0.4, -0.2) is 32.5 Å². The Morgan fingerprint density at radius 2 is 2.04 bits per heavy atom. The maximum Gasteiger partial charge on any atom is 0.246 e. The Bertz CT molecular complexity index is 840. The Morgan fingerprint density at radius 1 is 1.39 bits per heavy atom. The van der Waals surface area contributed by atoms with Crippen molar-refractivity contribution in [2.75, 3.05) is 7.05 Å². The van der Waals surface area contributed by atoms with Crippen LogP contribution >= 0.6 is 0 Å². The van der Waals surface area contributed by atoms with E-state index in [9.17, 15) is 14.3 Å². The Hall–Kier alpha value is -1.95. The van der Waals surface area contributed by atoms with Crippen LogP contribution < -0.4 is 10.7 Å². The minimum Gasteiger partial charge on any atom is -0.383 e. The van der Waals surface area contributed by atoms with E-state index >= 15 is 0 Å². The first kappa shape index (κ1) is 15.9. The second-order valence-corrected chi connectivity index (χ2v) is 7.08. The van der Waals surface area contributed by atoms with Crippen LogP contribution in [0.4, 0.5) is 4.39 Å². The van der Waals surface area contributed by atoms with Gasteiger partial charge in [0.25, 0.3) is 0 Å². The van der Waals surface area contributed by atoms with Crippen molar-refractivity contribution in [3.63, 3.8) is 0 Å². The highest BCUT2D eigenvalue weighted by molar-refractivity contribution is 5.84. The number of hydrogen-bond donors (Lipinski definition) is 1. The van der Waals surface area contributed by atoms with Crippen molar-refractivity contribution in [2.45, 2.75) is 46.3 Å². The minimum absolute atomic E-state index is 0.0615. The number of aromatic nitrogens is 2. The molecule has 6 heteroatoms. The quantitative estimate of drug-likeness (QED) is 0.875. The van der Waals surface area contributed by atoms with E-state index in [2.05, 4.69) is 4.98 Å². The molecule has 0 saturated heterocycles. The van der Waals surface area contributed by atoms with E-state index in [0.717, 1.165) is 11.3 Å². The molecule has 0 unspecified atom stereocenters. The lowest BCUT2D eigenvalue weighted by Gasteiger charge is -2.28. The number of carbonyl (C=O) groups excluding carboxylic acids is 1. The number of imidazole rings is 1. The second kappa shape index (κ2) is 5.03. The van der Waals surface area contributed by atoms with Crippen molar-refractivity contribution in [3.05, 3.63) is 28.2 Å². The molecule has 23 heavy (non-hydrogen) atoms. The molecule has 0 atom stereocenters. The summed E-state index contributed by atoms with van der Waals surface area (Å²) in [5, 5.41) is 11.2. The third-order valence-electron chi connectivity index (χ3n) is 4.51. The Balaban J connectivity index is 2.44. The van der Waals surface area contributed by atoms with Gasteiger partial charge in [0, 0.05) is 13.5 Å². The molecule has 124 valence electrons. The average molecular weight is 319 g/mol. The van der Waals surface area contributed by atoms with Gasteiger partial charge in [-0.3, -0.25) is 4.79 Å². The zero-order valence-electron chi connectivity index (χ0n) is 14.1. The predicted molar refractivity (Wildman–Crippen MR) is 85.0 cm³/mol. The number of halogens is 1. The van der Waals surface area contributed by atoms with Gasteiger partial charge < -0.3 is 14.6 Å². The monoisotopic (exact) mass is 319 g/mol. The molecule has 1 aromatic rings. The maximum atomic E-state index is 14.8. The van der Waals surface area contributed by atoms with E-state index in [4.69, 9.17) is 0 Å². The van der Waals surface area contributed by atoms with E-state index in [0.29, 0.717) is 17.6 Å². The lowest BCUT2D eigenvalue weighted by Crippen LogP contribution is -2.47. The first-order chi connectivity index (χ1) is 10.6. The molecule has 2 heterocycles. The summed E-state index contributed by atoms with van der Waals surface area (Å²) in [6, 6.07) is 0. The van der Waals surface area contributed by atoms with Gasteiger partial charge in [-0.05, 0) is 25.8 Å². The van der Waals surface area contributed by atoms with E-state index in [1.165, 1.54) is 6.08 Å². The van der Waals surface area contributed by atoms with Gasteiger partial charge in [-0.15, -0.1) is 0 Å². The van der Waals surface area contributed by atoms with Crippen LogP contribution in [0, 0.1) is 5.92 Å². The number of hydrogen-bond acceptors (Lipinski definition) is 3. The molecule has 2 aliphatic rings. The van der Waals surface area contributed by atoms with Crippen molar-refractivity contribution < 1.29 is 14.3 Å². The highest BCUT2D eigenvalue weighted by atomic mass is 19.1. The highest BCUT2D eigenvalue weighted by Crippen LogP contribution is 2.27. The Morgan fingerprint density at radius 3 is 2.61 bits per heavy atom. The first-order valence-electron chi connectivity index (χ1n) is 7.80. The fraction of sp³-hybridized carbons (Fsp3) is 0.529. The highest BCUT2D eigenvalue weighted by Gasteiger charge is 2.33. The fourth-order valence-corrected chi connectivity index (χ4v) is 3.13. The van der Waals surface area contributed by atoms with Crippen LogP contribution in [0.2, 0.25) is 0 Å². The molecule has 0 fully saturated rings. The van der Waals surface area contributed by atoms with Crippen molar-refractivity contribution in [1.29, 1.82) is 0 Å². The van der Waals surface area contributed by atoms with Crippen LogP contribution in [0.5, 0.6) is 0 Å². The van der Waals surface area contributed by atoms with Gasteiger partial charge in [-0.2, -0.15) is 0 Å². The van der Waals surface area contributed by atoms with Crippen molar-refractivity contribution in [1.82, 2.24) is 14.5 Å². The SMILES string of the molecule is CC(C)C1=CC(F)=c2nc(C(C)(C)O)n3c2=C(C1)N(C)C(=O)C3. The van der Waals surface area contributed by atoms with E-state index < -0.39 is 11.4 Å². The normalized spacial score (nSPS) is 18.3. The summed E-state index contributed by atoms with van der Waals surface area (Å²) in [7, 11) is 1.71. The number of nitrogens with zero attached hydrogens (tertiary/aromatic N) is 3. The maximum absolute atomic E-state index is 14.8. The van der Waals surface area contributed by atoms with Crippen LogP contribution in [0.1, 0.15) is 39.9 Å². The summed E-state index contributed by atoms with van der Waals surface area (Å²) >= 11 is 0. The second-order valence-electron chi connectivity index (χ2n) is 7.08. The summed E-state index contributed by atoms with van der Waals surface area (Å²) < 4.78 is 16.4. The molecule has 1 amide bonds. The molecular formula is C17H22FN3O2. The third kappa shape index (κ3) is 2.41. The number of aliphatic hydroxyl groups is 1. The smallest absolute Gasteiger partial charge is 0.246 e. The van der Waals surface area contributed by atoms with Gasteiger partial charge in [0.2, 0.25) is 5.91 Å². The standard InChI is InChI=1S/C17H22FN3O2/c1-9(2)10-6-11(18)14-15-12(7-10)20(5)13(22)8-21(15)16(19-14)17(3,4)23/h6,9,23H,7-8H2,1-5H3. The first-order valence-corrected chi connectivity index (χ1v) is 7.80. The summed E-state index contributed by atoms with van der Waals surface area (Å²) in [6.45, 7) is 7.25. The molecule has 0 saturated carbocycles. The number of likely N-dealkylation sites (N-methyl/N-ethyl adjacent to an activating group) is 1. The van der Waals surface area contributed by atoms with Crippen LogP contribution in [0.25, 0.3) is 11.5 Å². The van der Waals surface area contributed by atoms with E-state index in [1.54, 1.807) is 30.4 Å².